The highest BCUT2D eigenvalue weighted by Crippen LogP contribution is 2.39. The van der Waals surface area contributed by atoms with E-state index in [2.05, 4.69) is 33.3 Å². The van der Waals surface area contributed by atoms with E-state index in [-0.39, 0.29) is 33.8 Å². The molecule has 3 aliphatic rings. The van der Waals surface area contributed by atoms with Crippen molar-refractivity contribution in [1.82, 2.24) is 9.62 Å². The van der Waals surface area contributed by atoms with Gasteiger partial charge in [0.15, 0.2) is 17.4 Å². The zero-order valence-electron chi connectivity index (χ0n) is 23.6. The summed E-state index contributed by atoms with van der Waals surface area (Å²) in [6.45, 7) is 9.11. The molecule has 5 rings (SSSR count). The quantitative estimate of drug-likeness (QED) is 0.334. The summed E-state index contributed by atoms with van der Waals surface area (Å²) in [7, 11) is -3.98. The van der Waals surface area contributed by atoms with E-state index in [4.69, 9.17) is 16.0 Å². The highest BCUT2D eigenvalue weighted by molar-refractivity contribution is 7.89. The molecule has 2 aliphatic heterocycles. The van der Waals surface area contributed by atoms with Crippen LogP contribution in [0.5, 0.6) is 5.75 Å². The van der Waals surface area contributed by atoms with Crippen LogP contribution in [0.2, 0.25) is 5.02 Å². The number of hydrogen-bond donors (Lipinski definition) is 3. The SMILES string of the molecule is C1CCCC1.CC.CC(C)c1coc(CNC2=NS(=O)N=C2Nc2ccc(Cl)c(S(=O)(=O)N3CCCC3)c2O)c1. The molecule has 13 heteroatoms. The molecule has 0 spiro atoms. The molecule has 1 saturated carbocycles. The van der Waals surface area contributed by atoms with Crippen molar-refractivity contribution in [3.05, 3.63) is 40.8 Å². The Hall–Kier alpha value is -2.41. The number of halogens is 1. The smallest absolute Gasteiger partial charge is 0.269 e. The van der Waals surface area contributed by atoms with Crippen LogP contribution in [-0.4, -0.2) is 46.8 Å². The van der Waals surface area contributed by atoms with Gasteiger partial charge in [0.2, 0.25) is 10.0 Å². The Balaban J connectivity index is 0.000000558. The summed E-state index contributed by atoms with van der Waals surface area (Å²) in [4.78, 5) is -0.376. The first-order chi connectivity index (χ1) is 19.2. The molecule has 0 radical (unpaired) electrons. The summed E-state index contributed by atoms with van der Waals surface area (Å²) >= 11 is 4.29. The fourth-order valence-corrected chi connectivity index (χ4v) is 7.13. The standard InChI is InChI=1S/C20H24ClN5O5S2.C5H10.C2H6/c1-12(2)13-9-14(31-11-13)10-22-19-20(25-32(28)24-19)23-16-6-5-15(21)18(17(16)27)33(29,30)26-7-3-4-8-26;1-2-4-5-3-1;1-2/h5-6,9,11-12,27H,3-4,7-8,10H2,1-2H3,(H,22,24)(H,23,25);1-5H2;1-2H3. The van der Waals surface area contributed by atoms with E-state index >= 15 is 0 Å². The van der Waals surface area contributed by atoms with Gasteiger partial charge in [0, 0.05) is 13.1 Å². The lowest BCUT2D eigenvalue weighted by Gasteiger charge is -2.19. The van der Waals surface area contributed by atoms with Crippen LogP contribution in [0.25, 0.3) is 0 Å². The molecule has 3 N–H and O–H groups in total. The third-order valence-electron chi connectivity index (χ3n) is 6.58. The van der Waals surface area contributed by atoms with Gasteiger partial charge in [0.1, 0.15) is 10.7 Å². The van der Waals surface area contributed by atoms with Gasteiger partial charge in [-0.15, -0.1) is 8.80 Å². The van der Waals surface area contributed by atoms with E-state index in [0.717, 1.165) is 18.4 Å². The molecule has 10 nitrogen and oxygen atoms in total. The van der Waals surface area contributed by atoms with Gasteiger partial charge in [-0.1, -0.05) is 71.4 Å². The van der Waals surface area contributed by atoms with Crippen LogP contribution in [0.4, 0.5) is 5.69 Å². The number of phenolic OH excluding ortho intramolecular Hbond substituents is 1. The van der Waals surface area contributed by atoms with Crippen LogP contribution in [0.1, 0.15) is 89.9 Å². The molecule has 0 bridgehead atoms. The first-order valence-corrected chi connectivity index (χ1v) is 16.7. The molecule has 1 aromatic carbocycles. The van der Waals surface area contributed by atoms with Crippen LogP contribution in [0, 0.1) is 0 Å². The van der Waals surface area contributed by atoms with Crippen LogP contribution >= 0.6 is 11.6 Å². The Morgan fingerprint density at radius 3 is 2.23 bits per heavy atom. The second-order valence-electron chi connectivity index (χ2n) is 9.74. The predicted octanol–water partition coefficient (Wildman–Crippen LogP) is 6.11. The molecule has 2 fully saturated rings. The zero-order chi connectivity index (χ0) is 29.3. The Bertz CT molecular complexity index is 1320. The summed E-state index contributed by atoms with van der Waals surface area (Å²) < 4.78 is 52.7. The van der Waals surface area contributed by atoms with Crippen LogP contribution in [0.15, 0.2) is 42.6 Å². The maximum atomic E-state index is 13.0. The highest BCUT2D eigenvalue weighted by Gasteiger charge is 2.33. The van der Waals surface area contributed by atoms with Crippen molar-refractivity contribution < 1.29 is 22.2 Å². The minimum absolute atomic E-state index is 0.0458. The van der Waals surface area contributed by atoms with Gasteiger partial charge in [-0.25, -0.2) is 12.6 Å². The lowest BCUT2D eigenvalue weighted by atomic mass is 10.1. The average molecular weight is 614 g/mol. The zero-order valence-corrected chi connectivity index (χ0v) is 26.0. The number of amidine groups is 2. The maximum absolute atomic E-state index is 13.0. The molecule has 1 aliphatic carbocycles. The van der Waals surface area contributed by atoms with E-state index in [0.29, 0.717) is 24.8 Å². The molecular formula is C27H40ClN5O5S2. The number of benzene rings is 1. The van der Waals surface area contributed by atoms with Crippen LogP contribution in [0.3, 0.4) is 0 Å². The molecule has 1 saturated heterocycles. The van der Waals surface area contributed by atoms with Crippen molar-refractivity contribution in [2.75, 3.05) is 18.4 Å². The molecule has 3 heterocycles. The number of aromatic hydroxyl groups is 1. The normalized spacial score (nSPS) is 18.9. The summed E-state index contributed by atoms with van der Waals surface area (Å²) in [6, 6.07) is 4.71. The number of phenols is 1. The lowest BCUT2D eigenvalue weighted by Crippen LogP contribution is -2.33. The summed E-state index contributed by atoms with van der Waals surface area (Å²) in [6.07, 6.45) is 10.7. The lowest BCUT2D eigenvalue weighted by molar-refractivity contribution is 0.445. The molecule has 0 amide bonds. The number of sulfonamides is 1. The third kappa shape index (κ3) is 8.08. The van der Waals surface area contributed by atoms with Crippen molar-refractivity contribution in [1.29, 1.82) is 0 Å². The van der Waals surface area contributed by atoms with Crippen molar-refractivity contribution in [3.63, 3.8) is 0 Å². The monoisotopic (exact) mass is 613 g/mol. The molecule has 1 aromatic heterocycles. The molecule has 2 aromatic rings. The van der Waals surface area contributed by atoms with E-state index < -0.39 is 26.9 Å². The maximum Gasteiger partial charge on any atom is 0.269 e. The Kier molecular flexibility index (Phi) is 12.0. The van der Waals surface area contributed by atoms with E-state index in [9.17, 15) is 17.7 Å². The number of rotatable bonds is 6. The van der Waals surface area contributed by atoms with E-state index in [1.54, 1.807) is 6.26 Å². The van der Waals surface area contributed by atoms with Crippen molar-refractivity contribution in [2.24, 2.45) is 8.80 Å². The van der Waals surface area contributed by atoms with Crippen LogP contribution in [-0.2, 0) is 27.7 Å². The third-order valence-corrected chi connectivity index (χ3v) is 9.66. The van der Waals surface area contributed by atoms with Gasteiger partial charge in [-0.3, -0.25) is 0 Å². The average Bonchev–Trinajstić information content (AvgIpc) is 3.75. The number of anilines is 1. The minimum atomic E-state index is -3.98. The second-order valence-corrected chi connectivity index (χ2v) is 12.9. The van der Waals surface area contributed by atoms with Crippen LogP contribution < -0.4 is 10.6 Å². The van der Waals surface area contributed by atoms with Crippen molar-refractivity contribution >= 4 is 50.2 Å². The summed E-state index contributed by atoms with van der Waals surface area (Å²) in [5.74, 6) is 0.713. The first-order valence-electron chi connectivity index (χ1n) is 13.9. The molecule has 1 unspecified atom stereocenters. The van der Waals surface area contributed by atoms with E-state index in [1.807, 2.05) is 19.9 Å². The van der Waals surface area contributed by atoms with Gasteiger partial charge < -0.3 is 20.2 Å². The number of nitrogens with zero attached hydrogens (tertiary/aromatic N) is 3. The van der Waals surface area contributed by atoms with Gasteiger partial charge in [-0.2, -0.15) is 4.31 Å². The van der Waals surface area contributed by atoms with Gasteiger partial charge in [-0.05, 0) is 42.5 Å². The fraction of sp³-hybridized carbons (Fsp3) is 0.556. The Morgan fingerprint density at radius 2 is 1.65 bits per heavy atom. The fourth-order valence-electron chi connectivity index (χ4n) is 4.39. The van der Waals surface area contributed by atoms with Gasteiger partial charge in [0.05, 0.1) is 23.5 Å². The number of nitrogens with one attached hydrogen (secondary N) is 2. The number of furan rings is 1. The topological polar surface area (TPSA) is 137 Å². The summed E-state index contributed by atoms with van der Waals surface area (Å²) in [5.41, 5.74) is 1.10. The molecular weight excluding hydrogens is 574 g/mol. The van der Waals surface area contributed by atoms with Gasteiger partial charge >= 0.3 is 0 Å². The van der Waals surface area contributed by atoms with Crippen molar-refractivity contribution in [3.8, 4) is 5.75 Å². The van der Waals surface area contributed by atoms with E-state index in [1.165, 1.54) is 48.5 Å². The Labute approximate surface area is 245 Å². The van der Waals surface area contributed by atoms with Gasteiger partial charge in [0.25, 0.3) is 11.2 Å². The number of hydrogen-bond acceptors (Lipinski definition) is 7. The van der Waals surface area contributed by atoms with Crippen molar-refractivity contribution in [2.45, 2.75) is 90.0 Å². The second kappa shape index (κ2) is 15.0. The largest absolute Gasteiger partial charge is 0.504 e. The molecule has 222 valence electrons. The minimum Gasteiger partial charge on any atom is -0.504 e. The summed E-state index contributed by atoms with van der Waals surface area (Å²) in [5, 5.41) is 16.5. The predicted molar refractivity (Wildman–Crippen MR) is 162 cm³/mol. The first kappa shape index (κ1) is 32.1. The molecule has 40 heavy (non-hydrogen) atoms. The molecule has 1 atom stereocenters. The highest BCUT2D eigenvalue weighted by atomic mass is 35.5. The Morgan fingerprint density at radius 1 is 1.05 bits per heavy atom.